The molecule has 0 bridgehead atoms. The Morgan fingerprint density at radius 2 is 1.85 bits per heavy atom. The third-order valence-corrected chi connectivity index (χ3v) is 8.11. The van der Waals surface area contributed by atoms with Crippen molar-refractivity contribution in [2.75, 3.05) is 6.61 Å². The first-order valence-corrected chi connectivity index (χ1v) is 14.9. The van der Waals surface area contributed by atoms with Crippen LogP contribution in [0.25, 0.3) is 16.6 Å². The summed E-state index contributed by atoms with van der Waals surface area (Å²) in [5.41, 5.74) is 4.30. The van der Waals surface area contributed by atoms with Gasteiger partial charge in [0.15, 0.2) is 17.9 Å². The van der Waals surface area contributed by atoms with E-state index in [1.54, 1.807) is 24.3 Å². The highest BCUT2D eigenvalue weighted by molar-refractivity contribution is 7.08. The predicted molar refractivity (Wildman–Crippen MR) is 154 cm³/mol. The number of rotatable bonds is 8. The van der Waals surface area contributed by atoms with Crippen molar-refractivity contribution in [2.24, 2.45) is 0 Å². The number of aromatic nitrogens is 2. The van der Waals surface area contributed by atoms with E-state index in [1.807, 2.05) is 34.5 Å². The Morgan fingerprint density at radius 1 is 1.05 bits per heavy atom. The monoisotopic (exact) mass is 594 g/mol. The average molecular weight is 595 g/mol. The van der Waals surface area contributed by atoms with Crippen LogP contribution in [0.2, 0.25) is 0 Å². The Balaban J connectivity index is 0.000000403. The van der Waals surface area contributed by atoms with Crippen LogP contribution in [-0.4, -0.2) is 32.7 Å². The minimum Gasteiger partial charge on any atom is -0.491 e. The van der Waals surface area contributed by atoms with Crippen LogP contribution >= 0.6 is 34.4 Å². The van der Waals surface area contributed by atoms with E-state index in [0.717, 1.165) is 47.1 Å². The second kappa shape index (κ2) is 12.2. The number of ether oxygens (including phenoxy) is 2. The van der Waals surface area contributed by atoms with E-state index in [0.29, 0.717) is 23.3 Å². The maximum atomic E-state index is 14.8. The van der Waals surface area contributed by atoms with Crippen molar-refractivity contribution < 1.29 is 28.6 Å². The summed E-state index contributed by atoms with van der Waals surface area (Å²) >= 11 is 4.12. The zero-order chi connectivity index (χ0) is 28.1. The number of aliphatic hydroxyl groups is 1. The van der Waals surface area contributed by atoms with Gasteiger partial charge in [-0.25, -0.2) is 9.18 Å². The molecule has 0 aliphatic carbocycles. The van der Waals surface area contributed by atoms with E-state index in [1.165, 1.54) is 34.8 Å². The summed E-state index contributed by atoms with van der Waals surface area (Å²) in [7, 11) is 0. The minimum absolute atomic E-state index is 0.0820. The van der Waals surface area contributed by atoms with Crippen LogP contribution in [0.5, 0.6) is 5.75 Å². The molecule has 11 heteroatoms. The third-order valence-electron chi connectivity index (χ3n) is 6.12. The third kappa shape index (κ3) is 5.73. The van der Waals surface area contributed by atoms with Crippen LogP contribution in [-0.2, 0) is 21.7 Å². The van der Waals surface area contributed by atoms with Crippen molar-refractivity contribution in [1.82, 2.24) is 8.75 Å². The normalized spacial score (nSPS) is 16.5. The fourth-order valence-corrected chi connectivity index (χ4v) is 5.98. The summed E-state index contributed by atoms with van der Waals surface area (Å²) in [5, 5.41) is 19.2. The van der Waals surface area contributed by atoms with Gasteiger partial charge in [0, 0.05) is 28.5 Å². The van der Waals surface area contributed by atoms with Crippen molar-refractivity contribution in [3.63, 3.8) is 0 Å². The number of halogens is 1. The molecule has 204 valence electrons. The number of carbonyl (C=O) groups is 2. The molecule has 1 unspecified atom stereocenters. The number of cyclic esters (lactones) is 1. The predicted octanol–water partition coefficient (Wildman–Crippen LogP) is 6.64. The molecule has 40 heavy (non-hydrogen) atoms. The highest BCUT2D eigenvalue weighted by Crippen LogP contribution is 2.45. The van der Waals surface area contributed by atoms with Crippen molar-refractivity contribution in [3.8, 4) is 5.75 Å². The van der Waals surface area contributed by atoms with Crippen molar-refractivity contribution in [3.05, 3.63) is 104 Å². The summed E-state index contributed by atoms with van der Waals surface area (Å²) in [6, 6.07) is 13.1. The van der Waals surface area contributed by atoms with Crippen LogP contribution in [0.4, 0.5) is 4.39 Å². The van der Waals surface area contributed by atoms with Gasteiger partial charge in [0.05, 0.1) is 23.9 Å². The first-order valence-electron chi connectivity index (χ1n) is 12.3. The van der Waals surface area contributed by atoms with Crippen molar-refractivity contribution >= 4 is 63.3 Å². The number of esters is 1. The molecule has 0 spiro atoms. The molecule has 0 saturated heterocycles. The van der Waals surface area contributed by atoms with Crippen LogP contribution in [0.1, 0.15) is 40.4 Å². The Bertz CT molecular complexity index is 1660. The van der Waals surface area contributed by atoms with Gasteiger partial charge >= 0.3 is 5.97 Å². The number of nitrogens with zero attached hydrogens (tertiary/aromatic N) is 2. The fraction of sp³-hybridized carbons (Fsp3) is 0.172. The van der Waals surface area contributed by atoms with Crippen LogP contribution in [0, 0.1) is 5.82 Å². The quantitative estimate of drug-likeness (QED) is 0.159. The van der Waals surface area contributed by atoms with Gasteiger partial charge < -0.3 is 14.6 Å². The number of carbonyl (C=O) groups excluding carboxylic acids is 2. The Kier molecular flexibility index (Phi) is 8.46. The van der Waals surface area contributed by atoms with Gasteiger partial charge in [0.1, 0.15) is 11.0 Å². The topological polar surface area (TPSA) is 98.6 Å². The molecule has 1 aliphatic rings. The summed E-state index contributed by atoms with van der Waals surface area (Å²) in [6.07, 6.45) is 1.83. The summed E-state index contributed by atoms with van der Waals surface area (Å²) < 4.78 is 34.1. The van der Waals surface area contributed by atoms with Crippen LogP contribution in [0.3, 0.4) is 0 Å². The van der Waals surface area contributed by atoms with Crippen LogP contribution in [0.15, 0.2) is 75.6 Å². The molecular formula is C29H23FN2O5S3. The van der Waals surface area contributed by atoms with Crippen molar-refractivity contribution in [2.45, 2.75) is 25.6 Å². The van der Waals surface area contributed by atoms with E-state index in [9.17, 15) is 19.1 Å². The number of benzene rings is 2. The number of hydrogen-bond donors (Lipinski definition) is 1. The fourth-order valence-electron chi connectivity index (χ4n) is 4.19. The highest BCUT2D eigenvalue weighted by Gasteiger charge is 2.48. The lowest BCUT2D eigenvalue weighted by molar-refractivity contribution is -0.185. The molecule has 6 rings (SSSR count). The van der Waals surface area contributed by atoms with E-state index in [-0.39, 0.29) is 23.3 Å². The van der Waals surface area contributed by atoms with Crippen molar-refractivity contribution in [1.29, 1.82) is 0 Å². The first-order chi connectivity index (χ1) is 19.4. The number of fused-ring (bicyclic) bond motifs is 1. The molecule has 0 saturated carbocycles. The lowest BCUT2D eigenvalue weighted by atomic mass is 9.88. The van der Waals surface area contributed by atoms with Gasteiger partial charge in [-0.3, -0.25) is 4.79 Å². The molecule has 1 N–H and O–H groups in total. The van der Waals surface area contributed by atoms with Gasteiger partial charge in [0.25, 0.3) is 5.79 Å². The summed E-state index contributed by atoms with van der Waals surface area (Å²) in [4.78, 5) is 23.0. The minimum atomic E-state index is -2.12. The molecule has 4 heterocycles. The van der Waals surface area contributed by atoms with Gasteiger partial charge in [0.2, 0.25) is 0 Å². The maximum Gasteiger partial charge on any atom is 0.342 e. The second-order valence-electron chi connectivity index (χ2n) is 8.83. The number of hydrogen-bond acceptors (Lipinski definition) is 10. The zero-order valence-corrected chi connectivity index (χ0v) is 23.7. The van der Waals surface area contributed by atoms with Gasteiger partial charge in [-0.15, -0.1) is 0 Å². The second-order valence-corrected chi connectivity index (χ2v) is 10.9. The lowest BCUT2D eigenvalue weighted by Gasteiger charge is -2.26. The SMILES string of the molecule is CCCOc1ccc(C2(O)OC(=O)C(c3ccc4nsnc4c3)=C2Cc2ccsc2)cc1F.O=Cc1ccsc1. The van der Waals surface area contributed by atoms with Gasteiger partial charge in [-0.1, -0.05) is 13.0 Å². The molecule has 5 aromatic rings. The van der Waals surface area contributed by atoms with E-state index < -0.39 is 17.6 Å². The first kappa shape index (κ1) is 27.8. The van der Waals surface area contributed by atoms with E-state index in [4.69, 9.17) is 9.47 Å². The molecule has 0 fully saturated rings. The van der Waals surface area contributed by atoms with Gasteiger partial charge in [-0.2, -0.15) is 31.4 Å². The summed E-state index contributed by atoms with van der Waals surface area (Å²) in [6.45, 7) is 2.30. The molecule has 0 radical (unpaired) electrons. The smallest absolute Gasteiger partial charge is 0.342 e. The molecular weight excluding hydrogens is 572 g/mol. The standard InChI is InChI=1S/C24H19FN2O4S2.C5H4OS/c1-2-8-30-21-6-4-16(12-18(21)25)24(29)17(10-14-7-9-32-13-14)22(23(28)31-24)15-3-5-19-20(11-15)27-33-26-19;6-3-5-1-2-7-4-5/h3-7,9,11-13,29H,2,8,10H2,1H3;1-4H. The largest absolute Gasteiger partial charge is 0.491 e. The van der Waals surface area contributed by atoms with E-state index >= 15 is 0 Å². The Morgan fingerprint density at radius 3 is 2.52 bits per heavy atom. The molecule has 3 aromatic heterocycles. The van der Waals surface area contributed by atoms with Crippen LogP contribution < -0.4 is 4.74 Å². The molecule has 2 aromatic carbocycles. The Labute approximate surface area is 241 Å². The number of aldehydes is 1. The van der Waals surface area contributed by atoms with Gasteiger partial charge in [-0.05, 0) is 76.2 Å². The Hall–Kier alpha value is -3.77. The zero-order valence-electron chi connectivity index (χ0n) is 21.2. The average Bonchev–Trinajstić information content (AvgIpc) is 3.77. The molecule has 7 nitrogen and oxygen atoms in total. The molecule has 0 amide bonds. The molecule has 1 atom stereocenters. The number of thiophene rings is 2. The lowest BCUT2D eigenvalue weighted by Crippen LogP contribution is -2.30. The molecule has 1 aliphatic heterocycles. The summed E-state index contributed by atoms with van der Waals surface area (Å²) in [5.74, 6) is -3.35. The van der Waals surface area contributed by atoms with E-state index in [2.05, 4.69) is 8.75 Å². The highest BCUT2D eigenvalue weighted by atomic mass is 32.1. The maximum absolute atomic E-state index is 14.8.